The highest BCUT2D eigenvalue weighted by Crippen LogP contribution is 2.18. The van der Waals surface area contributed by atoms with Crippen molar-refractivity contribution in [3.05, 3.63) is 42.4 Å². The van der Waals surface area contributed by atoms with E-state index in [1.54, 1.807) is 6.20 Å². The van der Waals surface area contributed by atoms with E-state index in [1.807, 2.05) is 37.3 Å². The fourth-order valence-electron chi connectivity index (χ4n) is 3.75. The van der Waals surface area contributed by atoms with Crippen molar-refractivity contribution in [2.45, 2.75) is 51.1 Å². The van der Waals surface area contributed by atoms with Crippen LogP contribution in [0, 0.1) is 17.2 Å². The molecule has 2 heterocycles. The second-order valence-electron chi connectivity index (χ2n) is 7.88. The molecule has 3 atom stereocenters. The summed E-state index contributed by atoms with van der Waals surface area (Å²) in [5, 5.41) is 17.7. The van der Waals surface area contributed by atoms with E-state index < -0.39 is 23.9 Å². The number of nitrogens with one attached hydrogen (secondary N) is 4. The number of aromatic nitrogens is 2. The maximum absolute atomic E-state index is 12.8. The van der Waals surface area contributed by atoms with Crippen molar-refractivity contribution in [2.24, 2.45) is 5.92 Å². The fourth-order valence-corrected chi connectivity index (χ4v) is 3.75. The van der Waals surface area contributed by atoms with Crippen molar-refractivity contribution in [2.75, 3.05) is 6.54 Å². The molecule has 1 fully saturated rings. The van der Waals surface area contributed by atoms with Crippen LogP contribution in [0.2, 0.25) is 0 Å². The number of piperidine rings is 1. The van der Waals surface area contributed by atoms with Crippen LogP contribution in [0.1, 0.15) is 49.6 Å². The van der Waals surface area contributed by atoms with Gasteiger partial charge < -0.3 is 20.9 Å². The Morgan fingerprint density at radius 3 is 2.75 bits per heavy atom. The van der Waals surface area contributed by atoms with Crippen LogP contribution >= 0.6 is 0 Å². The summed E-state index contributed by atoms with van der Waals surface area (Å²) in [6.45, 7) is 2.54. The van der Waals surface area contributed by atoms with E-state index in [9.17, 15) is 19.6 Å². The molecule has 1 aliphatic rings. The number of nitrogens with zero attached hydrogens (tertiary/aromatic N) is 2. The molecular formula is C23H28N6O3. The van der Waals surface area contributed by atoms with Crippen molar-refractivity contribution >= 4 is 17.7 Å². The van der Waals surface area contributed by atoms with Gasteiger partial charge in [0.25, 0.3) is 5.91 Å². The molecule has 3 rings (SSSR count). The van der Waals surface area contributed by atoms with E-state index in [2.05, 4.69) is 32.0 Å². The normalized spacial score (nSPS) is 17.5. The second kappa shape index (κ2) is 11.1. The van der Waals surface area contributed by atoms with Gasteiger partial charge in [0.15, 0.2) is 5.82 Å². The molecule has 168 valence electrons. The Balaban J connectivity index is 1.62. The van der Waals surface area contributed by atoms with Gasteiger partial charge in [-0.25, -0.2) is 4.98 Å². The van der Waals surface area contributed by atoms with E-state index in [1.165, 1.54) is 0 Å². The predicted molar refractivity (Wildman–Crippen MR) is 118 cm³/mol. The van der Waals surface area contributed by atoms with Gasteiger partial charge in [0.2, 0.25) is 11.8 Å². The third kappa shape index (κ3) is 5.94. The molecule has 2 aromatic rings. The first-order chi connectivity index (χ1) is 15.5. The number of H-pyrrole nitrogens is 1. The van der Waals surface area contributed by atoms with Crippen LogP contribution in [0.4, 0.5) is 0 Å². The molecule has 0 bridgehead atoms. The number of carbonyl (C=O) groups is 3. The summed E-state index contributed by atoms with van der Waals surface area (Å²) in [6.07, 6.45) is 4.43. The molecule has 0 radical (unpaired) electrons. The SMILES string of the molecule is CCC[C@H](NC(=O)c1ncc(-c2ccccc2)[nH]1)C(=O)N[C@H](C#N)C[C@@H]1CCCNC1=O. The molecule has 1 aliphatic heterocycles. The van der Waals surface area contributed by atoms with Gasteiger partial charge in [-0.2, -0.15) is 5.26 Å². The second-order valence-corrected chi connectivity index (χ2v) is 7.88. The molecule has 1 aromatic carbocycles. The van der Waals surface area contributed by atoms with E-state index in [0.29, 0.717) is 31.5 Å². The lowest BCUT2D eigenvalue weighted by Crippen LogP contribution is -2.50. The van der Waals surface area contributed by atoms with Crippen LogP contribution in [0.3, 0.4) is 0 Å². The minimum Gasteiger partial charge on any atom is -0.356 e. The lowest BCUT2D eigenvalue weighted by molar-refractivity contribution is -0.128. The molecule has 3 amide bonds. The molecule has 0 spiro atoms. The number of hydrogen-bond acceptors (Lipinski definition) is 5. The average molecular weight is 437 g/mol. The highest BCUT2D eigenvalue weighted by molar-refractivity contribution is 5.95. The molecule has 32 heavy (non-hydrogen) atoms. The quantitative estimate of drug-likeness (QED) is 0.475. The van der Waals surface area contributed by atoms with Gasteiger partial charge in [0.05, 0.1) is 18.0 Å². The summed E-state index contributed by atoms with van der Waals surface area (Å²) in [7, 11) is 0. The smallest absolute Gasteiger partial charge is 0.287 e. The zero-order chi connectivity index (χ0) is 22.9. The Hall–Kier alpha value is -3.67. The molecule has 1 aromatic heterocycles. The van der Waals surface area contributed by atoms with Crippen molar-refractivity contribution < 1.29 is 14.4 Å². The number of benzene rings is 1. The lowest BCUT2D eigenvalue weighted by atomic mass is 9.92. The largest absolute Gasteiger partial charge is 0.356 e. The maximum atomic E-state index is 12.8. The first-order valence-corrected chi connectivity index (χ1v) is 10.9. The standard InChI is InChI=1S/C23H28N6O3/c1-2-7-18(22(31)27-17(13-24)12-16-10-6-11-25-21(16)30)29-23(32)20-26-14-19(28-20)15-8-4-3-5-9-15/h3-5,8-9,14,16-18H,2,6-7,10-12H2,1H3,(H,25,30)(H,26,28)(H,27,31)(H,29,32)/t16-,17-,18-/m0/s1. The summed E-state index contributed by atoms with van der Waals surface area (Å²) < 4.78 is 0. The Morgan fingerprint density at radius 1 is 1.28 bits per heavy atom. The molecule has 4 N–H and O–H groups in total. The zero-order valence-corrected chi connectivity index (χ0v) is 18.1. The summed E-state index contributed by atoms with van der Waals surface area (Å²) >= 11 is 0. The summed E-state index contributed by atoms with van der Waals surface area (Å²) in [6, 6.07) is 9.92. The van der Waals surface area contributed by atoms with Crippen LogP contribution in [0.15, 0.2) is 36.5 Å². The first kappa shape index (κ1) is 23.0. The van der Waals surface area contributed by atoms with Gasteiger partial charge in [0.1, 0.15) is 12.1 Å². The van der Waals surface area contributed by atoms with Gasteiger partial charge >= 0.3 is 0 Å². The van der Waals surface area contributed by atoms with Crippen LogP contribution in [0.25, 0.3) is 11.3 Å². The molecular weight excluding hydrogens is 408 g/mol. The number of rotatable bonds is 9. The Morgan fingerprint density at radius 2 is 2.06 bits per heavy atom. The number of carbonyl (C=O) groups excluding carboxylic acids is 3. The van der Waals surface area contributed by atoms with Crippen LogP contribution in [0.5, 0.6) is 0 Å². The molecule has 0 unspecified atom stereocenters. The maximum Gasteiger partial charge on any atom is 0.287 e. The summed E-state index contributed by atoms with van der Waals surface area (Å²) in [5.41, 5.74) is 1.59. The van der Waals surface area contributed by atoms with Crippen molar-refractivity contribution in [3.8, 4) is 17.3 Å². The van der Waals surface area contributed by atoms with Gasteiger partial charge in [-0.15, -0.1) is 0 Å². The van der Waals surface area contributed by atoms with Crippen LogP contribution in [-0.4, -0.2) is 46.3 Å². The van der Waals surface area contributed by atoms with E-state index in [0.717, 1.165) is 12.0 Å². The van der Waals surface area contributed by atoms with Gasteiger partial charge in [-0.3, -0.25) is 14.4 Å². The first-order valence-electron chi connectivity index (χ1n) is 10.9. The molecule has 0 saturated carbocycles. The lowest BCUT2D eigenvalue weighted by Gasteiger charge is -2.25. The molecule has 9 nitrogen and oxygen atoms in total. The highest BCUT2D eigenvalue weighted by atomic mass is 16.2. The summed E-state index contributed by atoms with van der Waals surface area (Å²) in [4.78, 5) is 44.6. The Labute approximate surface area is 187 Å². The molecule has 0 aliphatic carbocycles. The number of imidazole rings is 1. The fraction of sp³-hybridized carbons (Fsp3) is 0.435. The van der Waals surface area contributed by atoms with Gasteiger partial charge in [0, 0.05) is 12.5 Å². The van der Waals surface area contributed by atoms with Crippen molar-refractivity contribution in [1.82, 2.24) is 25.9 Å². The minimum absolute atomic E-state index is 0.0869. The minimum atomic E-state index is -0.811. The van der Waals surface area contributed by atoms with Crippen LogP contribution < -0.4 is 16.0 Å². The van der Waals surface area contributed by atoms with E-state index in [4.69, 9.17) is 0 Å². The van der Waals surface area contributed by atoms with Crippen molar-refractivity contribution in [1.29, 1.82) is 5.26 Å². The van der Waals surface area contributed by atoms with Crippen LogP contribution in [-0.2, 0) is 9.59 Å². The van der Waals surface area contributed by atoms with Gasteiger partial charge in [-0.1, -0.05) is 43.7 Å². The van der Waals surface area contributed by atoms with Crippen molar-refractivity contribution in [3.63, 3.8) is 0 Å². The number of hydrogen-bond donors (Lipinski definition) is 4. The number of amides is 3. The molecule has 9 heteroatoms. The highest BCUT2D eigenvalue weighted by Gasteiger charge is 2.29. The number of nitriles is 1. The monoisotopic (exact) mass is 436 g/mol. The molecule has 1 saturated heterocycles. The zero-order valence-electron chi connectivity index (χ0n) is 18.1. The third-order valence-corrected chi connectivity index (χ3v) is 5.47. The number of aromatic amines is 1. The predicted octanol–water partition coefficient (Wildman–Crippen LogP) is 1.90. The van der Waals surface area contributed by atoms with Gasteiger partial charge in [-0.05, 0) is 31.2 Å². The average Bonchev–Trinajstić information content (AvgIpc) is 3.31. The Kier molecular flexibility index (Phi) is 7.97. The van der Waals surface area contributed by atoms with E-state index >= 15 is 0 Å². The summed E-state index contributed by atoms with van der Waals surface area (Å²) in [5.74, 6) is -1.23. The van der Waals surface area contributed by atoms with E-state index in [-0.39, 0.29) is 24.1 Å². The topological polar surface area (TPSA) is 140 Å². The third-order valence-electron chi connectivity index (χ3n) is 5.47. The Bertz CT molecular complexity index is 981.